The summed E-state index contributed by atoms with van der Waals surface area (Å²) in [7, 11) is 1.44. The van der Waals surface area contributed by atoms with Gasteiger partial charge in [-0.05, 0) is 49.8 Å². The fourth-order valence-electron chi connectivity index (χ4n) is 4.22. The lowest BCUT2D eigenvalue weighted by atomic mass is 9.86. The number of aromatic nitrogens is 2. The molecule has 142 valence electrons. The number of nitrogens with one attached hydrogen (secondary N) is 1. The lowest BCUT2D eigenvalue weighted by molar-refractivity contribution is -0.146. The van der Waals surface area contributed by atoms with Crippen molar-refractivity contribution in [2.45, 2.75) is 50.5 Å². The molecule has 1 N–H and O–H groups in total. The fourth-order valence-corrected chi connectivity index (χ4v) is 4.22. The molecule has 27 heavy (non-hydrogen) atoms. The molecule has 1 aromatic carbocycles. The molecule has 2 aliphatic rings. The van der Waals surface area contributed by atoms with Crippen molar-refractivity contribution in [3.63, 3.8) is 0 Å². The van der Waals surface area contributed by atoms with Gasteiger partial charge in [0.25, 0.3) is 0 Å². The van der Waals surface area contributed by atoms with Crippen LogP contribution in [0.3, 0.4) is 0 Å². The molecule has 1 saturated heterocycles. The number of fused-ring (bicyclic) bond motifs is 1. The van der Waals surface area contributed by atoms with Gasteiger partial charge in [-0.1, -0.05) is 6.07 Å². The number of hydrogen-bond acceptors (Lipinski definition) is 5. The molecule has 2 amide bonds. The Morgan fingerprint density at radius 1 is 1.19 bits per heavy atom. The first-order valence-corrected chi connectivity index (χ1v) is 9.45. The fraction of sp³-hybridized carbons (Fsp3) is 0.500. The van der Waals surface area contributed by atoms with E-state index in [9.17, 15) is 14.4 Å². The normalized spacial score (nSPS) is 26.0. The maximum atomic E-state index is 12.1. The highest BCUT2D eigenvalue weighted by Gasteiger charge is 2.29. The van der Waals surface area contributed by atoms with E-state index in [1.165, 1.54) is 7.11 Å². The number of benzene rings is 1. The van der Waals surface area contributed by atoms with E-state index < -0.39 is 0 Å². The van der Waals surface area contributed by atoms with E-state index in [1.54, 1.807) is 0 Å². The largest absolute Gasteiger partial charge is 0.469 e. The Kier molecular flexibility index (Phi) is 4.68. The molecule has 1 aliphatic heterocycles. The van der Waals surface area contributed by atoms with Crippen molar-refractivity contribution in [3.05, 3.63) is 30.0 Å². The van der Waals surface area contributed by atoms with Gasteiger partial charge in [-0.25, -0.2) is 0 Å². The van der Waals surface area contributed by atoms with E-state index in [-0.39, 0.29) is 35.7 Å². The second kappa shape index (κ2) is 7.13. The summed E-state index contributed by atoms with van der Waals surface area (Å²) in [6.07, 6.45) is 6.36. The van der Waals surface area contributed by atoms with Gasteiger partial charge in [-0.3, -0.25) is 24.4 Å². The monoisotopic (exact) mass is 369 g/mol. The molecule has 4 rings (SSSR count). The van der Waals surface area contributed by atoms with E-state index in [2.05, 4.69) is 10.4 Å². The highest BCUT2D eigenvalue weighted by Crippen LogP contribution is 2.34. The average molecular weight is 369 g/mol. The van der Waals surface area contributed by atoms with Gasteiger partial charge >= 0.3 is 5.97 Å². The number of carbonyl (C=O) groups is 3. The zero-order valence-corrected chi connectivity index (χ0v) is 15.3. The molecule has 0 radical (unpaired) electrons. The summed E-state index contributed by atoms with van der Waals surface area (Å²) in [5, 5.41) is 8.10. The van der Waals surface area contributed by atoms with Crippen LogP contribution < -0.4 is 5.32 Å². The summed E-state index contributed by atoms with van der Waals surface area (Å²) >= 11 is 0. The van der Waals surface area contributed by atoms with Crippen molar-refractivity contribution in [2.75, 3.05) is 7.11 Å². The number of amides is 2. The first-order valence-electron chi connectivity index (χ1n) is 9.45. The van der Waals surface area contributed by atoms with Gasteiger partial charge in [0.15, 0.2) is 0 Å². The summed E-state index contributed by atoms with van der Waals surface area (Å²) in [4.78, 5) is 35.2. The molecule has 1 unspecified atom stereocenters. The number of esters is 1. The minimum Gasteiger partial charge on any atom is -0.469 e. The zero-order chi connectivity index (χ0) is 19.0. The molecule has 1 aliphatic carbocycles. The van der Waals surface area contributed by atoms with Crippen molar-refractivity contribution in [3.8, 4) is 0 Å². The second-order valence-electron chi connectivity index (χ2n) is 7.46. The third-order valence-corrected chi connectivity index (χ3v) is 5.79. The van der Waals surface area contributed by atoms with Crippen LogP contribution in [0.4, 0.5) is 0 Å². The molecule has 7 heteroatoms. The van der Waals surface area contributed by atoms with Crippen LogP contribution in [0, 0.1) is 5.92 Å². The molecule has 1 saturated carbocycles. The Balaban J connectivity index is 1.51. The van der Waals surface area contributed by atoms with Crippen LogP contribution in [0.25, 0.3) is 10.9 Å². The molecule has 1 atom stereocenters. The van der Waals surface area contributed by atoms with Crippen LogP contribution in [0.15, 0.2) is 24.4 Å². The summed E-state index contributed by atoms with van der Waals surface area (Å²) < 4.78 is 6.84. The quantitative estimate of drug-likeness (QED) is 0.663. The SMILES string of the molecule is COC(=O)[C@H]1CC[C@H](n2cc3cc(C4CCC(=O)NC4=O)ccc3n2)CC1. The minimum atomic E-state index is -0.286. The summed E-state index contributed by atoms with van der Waals surface area (Å²) in [6, 6.07) is 6.13. The number of imide groups is 1. The van der Waals surface area contributed by atoms with Gasteiger partial charge in [0.1, 0.15) is 0 Å². The average Bonchev–Trinajstić information content (AvgIpc) is 3.11. The number of ether oxygens (including phenoxy) is 1. The second-order valence-corrected chi connectivity index (χ2v) is 7.46. The van der Waals surface area contributed by atoms with E-state index in [0.29, 0.717) is 12.8 Å². The Bertz CT molecular complexity index is 896. The van der Waals surface area contributed by atoms with E-state index >= 15 is 0 Å². The lowest BCUT2D eigenvalue weighted by Crippen LogP contribution is -2.39. The Morgan fingerprint density at radius 2 is 1.96 bits per heavy atom. The molecule has 2 fully saturated rings. The molecule has 0 bridgehead atoms. The van der Waals surface area contributed by atoms with Gasteiger partial charge < -0.3 is 4.74 Å². The third kappa shape index (κ3) is 3.46. The number of carbonyl (C=O) groups excluding carboxylic acids is 3. The van der Waals surface area contributed by atoms with Crippen LogP contribution in [-0.4, -0.2) is 34.7 Å². The van der Waals surface area contributed by atoms with E-state index in [0.717, 1.165) is 42.1 Å². The van der Waals surface area contributed by atoms with Gasteiger partial charge in [-0.2, -0.15) is 5.10 Å². The highest BCUT2D eigenvalue weighted by atomic mass is 16.5. The number of piperidine rings is 1. The van der Waals surface area contributed by atoms with Crippen LogP contribution in [0.5, 0.6) is 0 Å². The minimum absolute atomic E-state index is 0.00430. The first-order chi connectivity index (χ1) is 13.0. The maximum Gasteiger partial charge on any atom is 0.308 e. The van der Waals surface area contributed by atoms with E-state index in [1.807, 2.05) is 29.1 Å². The molecule has 2 aromatic rings. The van der Waals surface area contributed by atoms with Crippen molar-refractivity contribution < 1.29 is 19.1 Å². The number of rotatable bonds is 3. The maximum absolute atomic E-state index is 12.1. The number of nitrogens with zero attached hydrogens (tertiary/aromatic N) is 2. The molecule has 1 aromatic heterocycles. The molecule has 7 nitrogen and oxygen atoms in total. The molecular weight excluding hydrogens is 346 g/mol. The molecule has 2 heterocycles. The highest BCUT2D eigenvalue weighted by molar-refractivity contribution is 6.01. The topological polar surface area (TPSA) is 90.3 Å². The zero-order valence-electron chi connectivity index (χ0n) is 15.3. The standard InChI is InChI=1S/C20H23N3O4/c1-27-20(26)12-2-5-15(6-3-12)23-11-14-10-13(4-8-17(14)22-23)16-7-9-18(24)21-19(16)25/h4,8,10-12,15-16H,2-3,5-7,9H2,1H3,(H,21,24,25)/t12-,15-,16?. The van der Waals surface area contributed by atoms with Crippen molar-refractivity contribution in [1.82, 2.24) is 15.1 Å². The van der Waals surface area contributed by atoms with Crippen LogP contribution >= 0.6 is 0 Å². The first kappa shape index (κ1) is 17.7. The van der Waals surface area contributed by atoms with Gasteiger partial charge in [-0.15, -0.1) is 0 Å². The molecule has 0 spiro atoms. The molecular formula is C20H23N3O4. The Labute approximate surface area is 157 Å². The smallest absolute Gasteiger partial charge is 0.308 e. The van der Waals surface area contributed by atoms with Crippen LogP contribution in [-0.2, 0) is 19.1 Å². The summed E-state index contributed by atoms with van der Waals surface area (Å²) in [5.74, 6) is -0.832. The van der Waals surface area contributed by atoms with Crippen molar-refractivity contribution >= 4 is 28.7 Å². The van der Waals surface area contributed by atoms with Crippen molar-refractivity contribution in [2.24, 2.45) is 5.92 Å². The predicted octanol–water partition coefficient (Wildman–Crippen LogP) is 2.46. The van der Waals surface area contributed by atoms with Crippen molar-refractivity contribution in [1.29, 1.82) is 0 Å². The summed E-state index contributed by atoms with van der Waals surface area (Å²) in [6.45, 7) is 0. The van der Waals surface area contributed by atoms with E-state index in [4.69, 9.17) is 4.74 Å². The number of hydrogen-bond donors (Lipinski definition) is 1. The third-order valence-electron chi connectivity index (χ3n) is 5.79. The summed E-state index contributed by atoms with van der Waals surface area (Å²) in [5.41, 5.74) is 1.81. The van der Waals surface area contributed by atoms with Gasteiger partial charge in [0, 0.05) is 18.0 Å². The Hall–Kier alpha value is -2.70. The van der Waals surface area contributed by atoms with Gasteiger partial charge in [0.2, 0.25) is 11.8 Å². The number of methoxy groups -OCH3 is 1. The predicted molar refractivity (Wildman–Crippen MR) is 97.9 cm³/mol. The van der Waals surface area contributed by atoms with Gasteiger partial charge in [0.05, 0.1) is 30.5 Å². The Morgan fingerprint density at radius 3 is 2.67 bits per heavy atom. The lowest BCUT2D eigenvalue weighted by Gasteiger charge is -2.26. The van der Waals surface area contributed by atoms with Crippen LogP contribution in [0.2, 0.25) is 0 Å². The van der Waals surface area contributed by atoms with Crippen LogP contribution in [0.1, 0.15) is 56.0 Å².